The van der Waals surface area contributed by atoms with E-state index in [0.29, 0.717) is 5.70 Å². The summed E-state index contributed by atoms with van der Waals surface area (Å²) >= 11 is 0. The number of hydrogen-bond acceptors (Lipinski definition) is 2. The maximum atomic E-state index is 5.90. The van der Waals surface area contributed by atoms with Crippen LogP contribution in [0.5, 0.6) is 0 Å². The van der Waals surface area contributed by atoms with E-state index in [-0.39, 0.29) is 0 Å². The molecule has 0 atom stereocenters. The van der Waals surface area contributed by atoms with E-state index in [2.05, 4.69) is 53.8 Å². The third kappa shape index (κ3) is 2.78. The Bertz CT molecular complexity index is 947. The molecule has 0 unspecified atom stereocenters. The molecule has 4 N–H and O–H groups in total. The van der Waals surface area contributed by atoms with Gasteiger partial charge < -0.3 is 10.7 Å². The molecule has 2 heterocycles. The van der Waals surface area contributed by atoms with Crippen molar-refractivity contribution >= 4 is 16.5 Å². The number of H-pyrrole nitrogens is 2. The number of fused-ring (bicyclic) bond motifs is 1. The largest absolute Gasteiger partial charge is 0.399 e. The maximum absolute atomic E-state index is 5.90. The Hall–Kier alpha value is -3.01. The van der Waals surface area contributed by atoms with E-state index in [1.807, 2.05) is 25.1 Å². The van der Waals surface area contributed by atoms with Gasteiger partial charge >= 0.3 is 0 Å². The lowest BCUT2D eigenvalue weighted by Crippen LogP contribution is -1.93. The predicted molar refractivity (Wildman–Crippen MR) is 101 cm³/mol. The predicted octanol–water partition coefficient (Wildman–Crippen LogP) is 4.61. The van der Waals surface area contributed by atoms with E-state index in [0.717, 1.165) is 39.1 Å². The van der Waals surface area contributed by atoms with Gasteiger partial charge in [0.2, 0.25) is 0 Å². The van der Waals surface area contributed by atoms with Crippen LogP contribution in [0.15, 0.2) is 54.8 Å². The minimum Gasteiger partial charge on any atom is -0.399 e. The highest BCUT2D eigenvalue weighted by Crippen LogP contribution is 2.30. The monoisotopic (exact) mass is 318 g/mol. The Labute approximate surface area is 141 Å². The van der Waals surface area contributed by atoms with E-state index in [9.17, 15) is 0 Å². The fraction of sp³-hybridized carbons (Fsp3) is 0.150. The number of nitrogens with zero attached hydrogens (tertiary/aromatic N) is 1. The van der Waals surface area contributed by atoms with Crippen LogP contribution in [0.25, 0.3) is 27.9 Å². The van der Waals surface area contributed by atoms with Gasteiger partial charge in [0.15, 0.2) is 0 Å². The fourth-order valence-corrected chi connectivity index (χ4v) is 2.76. The highest BCUT2D eigenvalue weighted by Gasteiger charge is 2.12. The van der Waals surface area contributed by atoms with Crippen LogP contribution in [0.4, 0.5) is 0 Å². The van der Waals surface area contributed by atoms with Crippen molar-refractivity contribution < 1.29 is 0 Å². The standard InChI is InChI=1S/C20H22N4/c1-5-14(10-16(21)6-2)15-7-8-18-17(11-15)20(24-23-18)19-9-12(3)13(4)22-19/h5-11,22H,2,21H2,1,3-4H3,(H,23,24)/b14-5+,16-10+. The molecule has 24 heavy (non-hydrogen) atoms. The summed E-state index contributed by atoms with van der Waals surface area (Å²) in [6.45, 7) is 9.87. The number of benzene rings is 1. The van der Waals surface area contributed by atoms with Gasteiger partial charge in [0.05, 0.1) is 11.2 Å². The van der Waals surface area contributed by atoms with E-state index < -0.39 is 0 Å². The molecule has 0 bridgehead atoms. The Morgan fingerprint density at radius 2 is 2.04 bits per heavy atom. The molecule has 1 aromatic carbocycles. The molecular weight excluding hydrogens is 296 g/mol. The molecule has 0 amide bonds. The Balaban J connectivity index is 2.14. The normalized spacial score (nSPS) is 12.8. The number of aromatic nitrogens is 3. The van der Waals surface area contributed by atoms with Crippen molar-refractivity contribution in [2.75, 3.05) is 0 Å². The average molecular weight is 318 g/mol. The van der Waals surface area contributed by atoms with Gasteiger partial charge in [-0.15, -0.1) is 0 Å². The summed E-state index contributed by atoms with van der Waals surface area (Å²) in [5, 5.41) is 8.68. The van der Waals surface area contributed by atoms with Crippen LogP contribution in [0.1, 0.15) is 23.7 Å². The number of nitrogens with two attached hydrogens (primary N) is 1. The molecule has 0 aliphatic carbocycles. The highest BCUT2D eigenvalue weighted by atomic mass is 15.1. The number of nitrogens with one attached hydrogen (secondary N) is 2. The molecule has 0 radical (unpaired) electrons. The second-order valence-electron chi connectivity index (χ2n) is 5.92. The van der Waals surface area contributed by atoms with Crippen molar-refractivity contribution in [3.05, 3.63) is 71.6 Å². The summed E-state index contributed by atoms with van der Waals surface area (Å²) in [4.78, 5) is 3.40. The molecule has 0 fully saturated rings. The summed E-state index contributed by atoms with van der Waals surface area (Å²) in [6.07, 6.45) is 5.62. The smallest absolute Gasteiger partial charge is 0.116 e. The lowest BCUT2D eigenvalue weighted by atomic mass is 10.0. The van der Waals surface area contributed by atoms with Gasteiger partial charge in [-0.2, -0.15) is 5.10 Å². The van der Waals surface area contributed by atoms with E-state index >= 15 is 0 Å². The third-order valence-electron chi connectivity index (χ3n) is 4.29. The van der Waals surface area contributed by atoms with E-state index in [4.69, 9.17) is 5.73 Å². The minimum atomic E-state index is 0.645. The zero-order chi connectivity index (χ0) is 17.3. The summed E-state index contributed by atoms with van der Waals surface area (Å²) in [7, 11) is 0. The first-order valence-electron chi connectivity index (χ1n) is 7.94. The molecule has 0 aliphatic rings. The van der Waals surface area contributed by atoms with Crippen LogP contribution in [-0.4, -0.2) is 15.2 Å². The maximum Gasteiger partial charge on any atom is 0.116 e. The lowest BCUT2D eigenvalue weighted by molar-refractivity contribution is 1.11. The van der Waals surface area contributed by atoms with Crippen molar-refractivity contribution in [2.24, 2.45) is 5.73 Å². The molecule has 0 aliphatic heterocycles. The van der Waals surface area contributed by atoms with Gasteiger partial charge in [-0.1, -0.05) is 18.7 Å². The van der Waals surface area contributed by atoms with Crippen molar-refractivity contribution in [3.63, 3.8) is 0 Å². The zero-order valence-corrected chi connectivity index (χ0v) is 14.3. The Morgan fingerprint density at radius 3 is 2.67 bits per heavy atom. The number of aryl methyl sites for hydroxylation is 2. The van der Waals surface area contributed by atoms with Gasteiger partial charge in [-0.05, 0) is 67.8 Å². The molecule has 3 aromatic rings. The van der Waals surface area contributed by atoms with Crippen LogP contribution >= 0.6 is 0 Å². The summed E-state index contributed by atoms with van der Waals surface area (Å²) < 4.78 is 0. The van der Waals surface area contributed by atoms with Crippen molar-refractivity contribution in [3.8, 4) is 11.4 Å². The van der Waals surface area contributed by atoms with Crippen molar-refractivity contribution in [2.45, 2.75) is 20.8 Å². The van der Waals surface area contributed by atoms with Gasteiger partial charge in [0, 0.05) is 16.8 Å². The van der Waals surface area contributed by atoms with Crippen LogP contribution in [0.2, 0.25) is 0 Å². The summed E-state index contributed by atoms with van der Waals surface area (Å²) in [5.41, 5.74) is 14.0. The van der Waals surface area contributed by atoms with Crippen LogP contribution in [0.3, 0.4) is 0 Å². The average Bonchev–Trinajstić information content (AvgIpc) is 3.15. The van der Waals surface area contributed by atoms with Crippen LogP contribution in [0, 0.1) is 13.8 Å². The first kappa shape index (κ1) is 15.9. The molecule has 0 saturated carbocycles. The van der Waals surface area contributed by atoms with E-state index in [1.165, 1.54) is 5.56 Å². The minimum absolute atomic E-state index is 0.645. The van der Waals surface area contributed by atoms with Gasteiger partial charge in [-0.3, -0.25) is 5.10 Å². The van der Waals surface area contributed by atoms with Gasteiger partial charge in [0.25, 0.3) is 0 Å². The lowest BCUT2D eigenvalue weighted by Gasteiger charge is -2.04. The van der Waals surface area contributed by atoms with Crippen molar-refractivity contribution in [1.82, 2.24) is 15.2 Å². The van der Waals surface area contributed by atoms with Crippen LogP contribution in [-0.2, 0) is 0 Å². The molecule has 2 aromatic heterocycles. The Morgan fingerprint density at radius 1 is 1.25 bits per heavy atom. The fourth-order valence-electron chi connectivity index (χ4n) is 2.76. The third-order valence-corrected chi connectivity index (χ3v) is 4.29. The molecule has 4 nitrogen and oxygen atoms in total. The number of rotatable bonds is 4. The quantitative estimate of drug-likeness (QED) is 0.615. The molecule has 3 rings (SSSR count). The topological polar surface area (TPSA) is 70.5 Å². The molecule has 122 valence electrons. The second kappa shape index (κ2) is 6.24. The molecule has 0 saturated heterocycles. The summed E-state index contributed by atoms with van der Waals surface area (Å²) in [6, 6.07) is 8.38. The second-order valence-corrected chi connectivity index (χ2v) is 5.92. The summed E-state index contributed by atoms with van der Waals surface area (Å²) in [5.74, 6) is 0. The SMILES string of the molecule is C=C/C(N)=C\C(=C/C)c1ccc2[nH]nc(-c3cc(C)c(C)[nH]3)c2c1. The molecular formula is C20H22N4. The number of allylic oxidation sites excluding steroid dienone is 4. The van der Waals surface area contributed by atoms with Gasteiger partial charge in [0.1, 0.15) is 5.69 Å². The molecule has 4 heteroatoms. The van der Waals surface area contributed by atoms with Crippen molar-refractivity contribution in [1.29, 1.82) is 0 Å². The van der Waals surface area contributed by atoms with Gasteiger partial charge in [-0.25, -0.2) is 0 Å². The highest BCUT2D eigenvalue weighted by molar-refractivity contribution is 5.95. The Kier molecular flexibility index (Phi) is 4.13. The van der Waals surface area contributed by atoms with E-state index in [1.54, 1.807) is 6.08 Å². The number of hydrogen-bond donors (Lipinski definition) is 3. The van der Waals surface area contributed by atoms with Crippen LogP contribution < -0.4 is 5.73 Å². The molecule has 0 spiro atoms. The number of aromatic amines is 2. The zero-order valence-electron chi connectivity index (χ0n) is 14.3. The first-order valence-corrected chi connectivity index (χ1v) is 7.94. The first-order chi connectivity index (χ1) is 11.5.